The van der Waals surface area contributed by atoms with Crippen molar-refractivity contribution in [3.05, 3.63) is 6.92 Å². The standard InChI is InChI=1S/C8H17O/c1-5-6-7(9)8(2,3)4/h7,9H,1,5-6H2,2-4H3. The van der Waals surface area contributed by atoms with E-state index in [4.69, 9.17) is 0 Å². The largest absolute Gasteiger partial charge is 0.393 e. The first-order valence-corrected chi connectivity index (χ1v) is 3.46. The molecule has 1 atom stereocenters. The second kappa shape index (κ2) is 3.21. The van der Waals surface area contributed by atoms with Crippen LogP contribution in [0.3, 0.4) is 0 Å². The summed E-state index contributed by atoms with van der Waals surface area (Å²) in [7, 11) is 0. The molecule has 0 saturated heterocycles. The summed E-state index contributed by atoms with van der Waals surface area (Å²) in [5.74, 6) is 0. The molecule has 0 heterocycles. The molecule has 1 nitrogen and oxygen atoms in total. The van der Waals surface area contributed by atoms with Gasteiger partial charge in [0.1, 0.15) is 0 Å². The number of aliphatic hydroxyl groups excluding tert-OH is 1. The Hall–Kier alpha value is -0.0400. The molecule has 1 radical (unpaired) electrons. The lowest BCUT2D eigenvalue weighted by Gasteiger charge is -2.25. The Kier molecular flexibility index (Phi) is 3.20. The van der Waals surface area contributed by atoms with E-state index in [1.165, 1.54) is 0 Å². The van der Waals surface area contributed by atoms with Gasteiger partial charge in [0.15, 0.2) is 0 Å². The van der Waals surface area contributed by atoms with E-state index in [0.29, 0.717) is 0 Å². The minimum absolute atomic E-state index is 0.0255. The molecule has 0 rings (SSSR count). The lowest BCUT2D eigenvalue weighted by molar-refractivity contribution is 0.0564. The molecule has 0 fully saturated rings. The van der Waals surface area contributed by atoms with Gasteiger partial charge in [-0.05, 0) is 11.8 Å². The molecular formula is C8H17O. The SMILES string of the molecule is [CH2]CCC(O)C(C)(C)C. The molecule has 0 aliphatic heterocycles. The summed E-state index contributed by atoms with van der Waals surface area (Å²) >= 11 is 0. The smallest absolute Gasteiger partial charge is 0.0588 e. The lowest BCUT2D eigenvalue weighted by atomic mass is 9.87. The first-order chi connectivity index (χ1) is 3.98. The van der Waals surface area contributed by atoms with Crippen LogP contribution in [0, 0.1) is 12.3 Å². The maximum atomic E-state index is 9.35. The van der Waals surface area contributed by atoms with Crippen LogP contribution in [0.5, 0.6) is 0 Å². The number of aliphatic hydroxyl groups is 1. The van der Waals surface area contributed by atoms with Gasteiger partial charge in [-0.1, -0.05) is 34.1 Å². The van der Waals surface area contributed by atoms with Crippen LogP contribution in [-0.4, -0.2) is 11.2 Å². The van der Waals surface area contributed by atoms with Gasteiger partial charge >= 0.3 is 0 Å². The quantitative estimate of drug-likeness (QED) is 0.604. The van der Waals surface area contributed by atoms with Gasteiger partial charge in [-0.2, -0.15) is 0 Å². The monoisotopic (exact) mass is 129 g/mol. The van der Waals surface area contributed by atoms with E-state index >= 15 is 0 Å². The van der Waals surface area contributed by atoms with Crippen molar-refractivity contribution < 1.29 is 5.11 Å². The van der Waals surface area contributed by atoms with Crippen molar-refractivity contribution in [2.45, 2.75) is 39.7 Å². The zero-order chi connectivity index (χ0) is 7.49. The minimum atomic E-state index is -0.199. The Balaban J connectivity index is 3.59. The zero-order valence-electron chi connectivity index (χ0n) is 6.65. The summed E-state index contributed by atoms with van der Waals surface area (Å²) in [5.41, 5.74) is 0.0255. The highest BCUT2D eigenvalue weighted by atomic mass is 16.3. The topological polar surface area (TPSA) is 20.2 Å². The van der Waals surface area contributed by atoms with Crippen LogP contribution < -0.4 is 0 Å². The third-order valence-corrected chi connectivity index (χ3v) is 1.48. The van der Waals surface area contributed by atoms with Gasteiger partial charge in [-0.15, -0.1) is 0 Å². The van der Waals surface area contributed by atoms with E-state index in [1.807, 2.05) is 20.8 Å². The highest BCUT2D eigenvalue weighted by Gasteiger charge is 2.20. The van der Waals surface area contributed by atoms with Crippen molar-refractivity contribution in [2.75, 3.05) is 0 Å². The second-order valence-electron chi connectivity index (χ2n) is 3.52. The molecule has 9 heavy (non-hydrogen) atoms. The minimum Gasteiger partial charge on any atom is -0.393 e. The normalized spacial score (nSPS) is 15.7. The first-order valence-electron chi connectivity index (χ1n) is 3.46. The Labute approximate surface area is 58.1 Å². The molecule has 0 spiro atoms. The summed E-state index contributed by atoms with van der Waals surface area (Å²) in [6.45, 7) is 9.78. The molecular weight excluding hydrogens is 112 g/mol. The van der Waals surface area contributed by atoms with Crippen molar-refractivity contribution in [3.63, 3.8) is 0 Å². The molecule has 1 N–H and O–H groups in total. The van der Waals surface area contributed by atoms with Gasteiger partial charge in [0, 0.05) is 0 Å². The van der Waals surface area contributed by atoms with E-state index in [1.54, 1.807) is 0 Å². The van der Waals surface area contributed by atoms with Crippen LogP contribution in [0.15, 0.2) is 0 Å². The third-order valence-electron chi connectivity index (χ3n) is 1.48. The van der Waals surface area contributed by atoms with Crippen LogP contribution in [0.1, 0.15) is 33.6 Å². The van der Waals surface area contributed by atoms with E-state index in [0.717, 1.165) is 12.8 Å². The molecule has 0 amide bonds. The predicted molar refractivity (Wildman–Crippen MR) is 40.1 cm³/mol. The molecule has 0 aromatic rings. The highest BCUT2D eigenvalue weighted by Crippen LogP contribution is 2.21. The van der Waals surface area contributed by atoms with Gasteiger partial charge in [0.25, 0.3) is 0 Å². The van der Waals surface area contributed by atoms with Crippen LogP contribution >= 0.6 is 0 Å². The molecule has 0 aliphatic rings. The highest BCUT2D eigenvalue weighted by molar-refractivity contribution is 4.72. The van der Waals surface area contributed by atoms with Gasteiger partial charge in [0.05, 0.1) is 6.10 Å². The fourth-order valence-corrected chi connectivity index (χ4v) is 0.626. The first kappa shape index (κ1) is 8.96. The van der Waals surface area contributed by atoms with Crippen molar-refractivity contribution in [2.24, 2.45) is 5.41 Å². The van der Waals surface area contributed by atoms with E-state index in [2.05, 4.69) is 6.92 Å². The molecule has 0 saturated carbocycles. The van der Waals surface area contributed by atoms with Crippen molar-refractivity contribution >= 4 is 0 Å². The van der Waals surface area contributed by atoms with Crippen molar-refractivity contribution in [3.8, 4) is 0 Å². The Morgan fingerprint density at radius 2 is 1.89 bits per heavy atom. The van der Waals surface area contributed by atoms with Gasteiger partial charge in [-0.3, -0.25) is 0 Å². The molecule has 1 unspecified atom stereocenters. The fourth-order valence-electron chi connectivity index (χ4n) is 0.626. The number of rotatable bonds is 2. The van der Waals surface area contributed by atoms with Gasteiger partial charge in [0.2, 0.25) is 0 Å². The maximum absolute atomic E-state index is 9.35. The summed E-state index contributed by atoms with van der Waals surface area (Å²) < 4.78 is 0. The fraction of sp³-hybridized carbons (Fsp3) is 0.875. The Morgan fingerprint density at radius 3 is 2.00 bits per heavy atom. The molecule has 0 aromatic carbocycles. The third kappa shape index (κ3) is 3.52. The summed E-state index contributed by atoms with van der Waals surface area (Å²) in [5, 5.41) is 9.35. The van der Waals surface area contributed by atoms with Gasteiger partial charge in [-0.25, -0.2) is 0 Å². The average molecular weight is 129 g/mol. The molecule has 0 aliphatic carbocycles. The summed E-state index contributed by atoms with van der Waals surface area (Å²) in [4.78, 5) is 0. The molecule has 1 heteroatoms. The maximum Gasteiger partial charge on any atom is 0.0588 e. The summed E-state index contributed by atoms with van der Waals surface area (Å²) in [6.07, 6.45) is 1.43. The molecule has 55 valence electrons. The van der Waals surface area contributed by atoms with Gasteiger partial charge < -0.3 is 5.11 Å². The van der Waals surface area contributed by atoms with E-state index in [9.17, 15) is 5.11 Å². The van der Waals surface area contributed by atoms with Crippen LogP contribution in [0.4, 0.5) is 0 Å². The summed E-state index contributed by atoms with van der Waals surface area (Å²) in [6, 6.07) is 0. The van der Waals surface area contributed by atoms with Crippen LogP contribution in [0.2, 0.25) is 0 Å². The predicted octanol–water partition coefficient (Wildman–Crippen LogP) is 2.01. The zero-order valence-corrected chi connectivity index (χ0v) is 6.65. The Morgan fingerprint density at radius 1 is 1.44 bits per heavy atom. The van der Waals surface area contributed by atoms with Crippen molar-refractivity contribution in [1.82, 2.24) is 0 Å². The Bertz CT molecular complexity index is 71.1. The number of hydrogen-bond acceptors (Lipinski definition) is 1. The molecule has 0 bridgehead atoms. The van der Waals surface area contributed by atoms with Crippen LogP contribution in [-0.2, 0) is 0 Å². The number of hydrogen-bond donors (Lipinski definition) is 1. The second-order valence-corrected chi connectivity index (χ2v) is 3.52. The van der Waals surface area contributed by atoms with E-state index in [-0.39, 0.29) is 11.5 Å². The molecule has 0 aromatic heterocycles. The van der Waals surface area contributed by atoms with Crippen molar-refractivity contribution in [1.29, 1.82) is 0 Å². The average Bonchev–Trinajstić information content (AvgIpc) is 1.64. The lowest BCUT2D eigenvalue weighted by Crippen LogP contribution is -2.25. The van der Waals surface area contributed by atoms with E-state index < -0.39 is 0 Å². The van der Waals surface area contributed by atoms with Crippen LogP contribution in [0.25, 0.3) is 0 Å².